The third-order valence-corrected chi connectivity index (χ3v) is 4.68. The van der Waals surface area contributed by atoms with E-state index in [4.69, 9.17) is 32.7 Å². The molecule has 3 aromatic rings. The van der Waals surface area contributed by atoms with Gasteiger partial charge in [-0.25, -0.2) is 0 Å². The molecule has 174 valence electrons. The molecular weight excluding hydrogens is 503 g/mol. The van der Waals surface area contributed by atoms with Gasteiger partial charge in [0.1, 0.15) is 17.2 Å². The molecule has 33 heavy (non-hydrogen) atoms. The van der Waals surface area contributed by atoms with Crippen LogP contribution in [0.4, 0.5) is 32.0 Å². The maximum Gasteiger partial charge on any atom is 0.416 e. The molecule has 0 aliphatic rings. The zero-order chi connectivity index (χ0) is 24.6. The summed E-state index contributed by atoms with van der Waals surface area (Å²) in [5.74, 6) is -1.04. The Labute approximate surface area is 191 Å². The molecule has 0 saturated carbocycles. The number of nitro groups is 1. The molecule has 0 amide bonds. The van der Waals surface area contributed by atoms with E-state index in [0.29, 0.717) is 18.2 Å². The number of benzene rings is 3. The van der Waals surface area contributed by atoms with Crippen molar-refractivity contribution in [2.45, 2.75) is 12.4 Å². The predicted octanol–water partition coefficient (Wildman–Crippen LogP) is 8.52. The minimum Gasteiger partial charge on any atom is -0.456 e. The molecule has 0 bridgehead atoms. The molecule has 0 atom stereocenters. The minimum absolute atomic E-state index is 0.111. The van der Waals surface area contributed by atoms with Crippen molar-refractivity contribution in [1.82, 2.24) is 0 Å². The van der Waals surface area contributed by atoms with Crippen LogP contribution in [0.5, 0.6) is 23.0 Å². The second kappa shape index (κ2) is 8.99. The molecule has 0 N–H and O–H groups in total. The van der Waals surface area contributed by atoms with E-state index in [1.54, 1.807) is 0 Å². The van der Waals surface area contributed by atoms with E-state index >= 15 is 0 Å². The van der Waals surface area contributed by atoms with E-state index in [-0.39, 0.29) is 22.3 Å². The van der Waals surface area contributed by atoms with Gasteiger partial charge in [0.05, 0.1) is 26.1 Å². The van der Waals surface area contributed by atoms with Crippen molar-refractivity contribution in [1.29, 1.82) is 0 Å². The fraction of sp³-hybridized carbons (Fsp3) is 0.100. The second-order valence-corrected chi connectivity index (χ2v) is 7.19. The lowest BCUT2D eigenvalue weighted by Gasteiger charge is -2.13. The second-order valence-electron chi connectivity index (χ2n) is 6.38. The van der Waals surface area contributed by atoms with Crippen molar-refractivity contribution >= 4 is 28.9 Å². The lowest BCUT2D eigenvalue weighted by Crippen LogP contribution is -2.04. The Morgan fingerprint density at radius 2 is 1.18 bits per heavy atom. The van der Waals surface area contributed by atoms with E-state index in [2.05, 4.69) is 0 Å². The fourth-order valence-corrected chi connectivity index (χ4v) is 2.99. The summed E-state index contributed by atoms with van der Waals surface area (Å²) in [7, 11) is 0. The van der Waals surface area contributed by atoms with Crippen LogP contribution in [0.25, 0.3) is 0 Å². The summed E-state index contributed by atoms with van der Waals surface area (Å²) in [6.45, 7) is 0. The van der Waals surface area contributed by atoms with Gasteiger partial charge in [0.15, 0.2) is 0 Å². The molecule has 3 aromatic carbocycles. The van der Waals surface area contributed by atoms with Crippen LogP contribution in [-0.4, -0.2) is 4.92 Å². The molecule has 3 rings (SSSR count). The molecule has 0 fully saturated rings. The molecule has 13 heteroatoms. The first kappa shape index (κ1) is 24.5. The third-order valence-electron chi connectivity index (χ3n) is 4.09. The number of ether oxygens (including phenoxy) is 2. The van der Waals surface area contributed by atoms with Crippen molar-refractivity contribution < 1.29 is 40.7 Å². The molecule has 0 saturated heterocycles. The first-order valence-corrected chi connectivity index (χ1v) is 9.39. The predicted molar refractivity (Wildman–Crippen MR) is 106 cm³/mol. The van der Waals surface area contributed by atoms with Crippen LogP contribution in [0, 0.1) is 10.1 Å². The molecule has 0 unspecified atom stereocenters. The largest absolute Gasteiger partial charge is 0.456 e. The van der Waals surface area contributed by atoms with Crippen LogP contribution in [0.3, 0.4) is 0 Å². The van der Waals surface area contributed by atoms with Crippen LogP contribution >= 0.6 is 23.2 Å². The average molecular weight is 512 g/mol. The fourth-order valence-electron chi connectivity index (χ4n) is 2.56. The summed E-state index contributed by atoms with van der Waals surface area (Å²) in [5, 5.41) is 10.5. The first-order valence-electron chi connectivity index (χ1n) is 8.63. The Kier molecular flexibility index (Phi) is 6.66. The number of nitrogens with zero attached hydrogens (tertiary/aromatic N) is 1. The van der Waals surface area contributed by atoms with E-state index < -0.39 is 44.9 Å². The number of nitro benzene ring substituents is 1. The molecule has 0 aromatic heterocycles. The van der Waals surface area contributed by atoms with E-state index in [1.165, 1.54) is 0 Å². The standard InChI is InChI=1S/C20H9Cl2F6NO4/c21-13-7-10(19(23,24)25)1-5-16(13)32-12-3-4-15(29(30)31)18(9-12)33-17-6-2-11(8-14(17)22)20(26,27)28/h1-9H. The zero-order valence-electron chi connectivity index (χ0n) is 15.8. The van der Waals surface area contributed by atoms with Gasteiger partial charge in [0.25, 0.3) is 0 Å². The monoisotopic (exact) mass is 511 g/mol. The molecule has 0 aliphatic carbocycles. The van der Waals surface area contributed by atoms with Gasteiger partial charge < -0.3 is 9.47 Å². The first-order chi connectivity index (χ1) is 15.3. The van der Waals surface area contributed by atoms with Crippen molar-refractivity contribution in [3.05, 3.63) is 85.9 Å². The van der Waals surface area contributed by atoms with Crippen molar-refractivity contribution in [3.63, 3.8) is 0 Å². The van der Waals surface area contributed by atoms with Crippen LogP contribution in [-0.2, 0) is 12.4 Å². The lowest BCUT2D eigenvalue weighted by molar-refractivity contribution is -0.385. The maximum atomic E-state index is 12.8. The van der Waals surface area contributed by atoms with Gasteiger partial charge in [0, 0.05) is 12.1 Å². The summed E-state index contributed by atoms with van der Waals surface area (Å²) in [6.07, 6.45) is -9.29. The lowest BCUT2D eigenvalue weighted by atomic mass is 10.2. The summed E-state index contributed by atoms with van der Waals surface area (Å²) in [4.78, 5) is 10.5. The quantitative estimate of drug-likeness (QED) is 0.195. The summed E-state index contributed by atoms with van der Waals surface area (Å²) in [5.41, 5.74) is -2.63. The number of halogens is 8. The molecular formula is C20H9Cl2F6NO4. The molecule has 0 spiro atoms. The van der Waals surface area contributed by atoms with Gasteiger partial charge in [-0.15, -0.1) is 0 Å². The van der Waals surface area contributed by atoms with Gasteiger partial charge in [-0.2, -0.15) is 26.3 Å². The van der Waals surface area contributed by atoms with Gasteiger partial charge in [-0.05, 0) is 42.5 Å². The highest BCUT2D eigenvalue weighted by molar-refractivity contribution is 6.32. The highest BCUT2D eigenvalue weighted by atomic mass is 35.5. The topological polar surface area (TPSA) is 61.6 Å². The minimum atomic E-state index is -4.66. The van der Waals surface area contributed by atoms with Crippen LogP contribution in [0.2, 0.25) is 10.0 Å². The van der Waals surface area contributed by atoms with Gasteiger partial charge >= 0.3 is 18.0 Å². The highest BCUT2D eigenvalue weighted by Gasteiger charge is 2.32. The van der Waals surface area contributed by atoms with Gasteiger partial charge in [0.2, 0.25) is 5.75 Å². The number of hydrogen-bond donors (Lipinski definition) is 0. The van der Waals surface area contributed by atoms with Crippen LogP contribution in [0.1, 0.15) is 11.1 Å². The van der Waals surface area contributed by atoms with Gasteiger partial charge in [-0.1, -0.05) is 23.2 Å². The summed E-state index contributed by atoms with van der Waals surface area (Å²) in [6, 6.07) is 7.59. The summed E-state index contributed by atoms with van der Waals surface area (Å²) >= 11 is 11.7. The normalized spacial score (nSPS) is 11.9. The Balaban J connectivity index is 1.93. The van der Waals surface area contributed by atoms with Crippen LogP contribution < -0.4 is 9.47 Å². The highest BCUT2D eigenvalue weighted by Crippen LogP contribution is 2.42. The Morgan fingerprint density at radius 3 is 1.61 bits per heavy atom. The smallest absolute Gasteiger partial charge is 0.416 e. The number of hydrogen-bond acceptors (Lipinski definition) is 4. The molecule has 0 heterocycles. The van der Waals surface area contributed by atoms with Gasteiger partial charge in [-0.3, -0.25) is 10.1 Å². The average Bonchev–Trinajstić information content (AvgIpc) is 2.69. The third kappa shape index (κ3) is 5.79. The molecule has 0 radical (unpaired) electrons. The van der Waals surface area contributed by atoms with E-state index in [1.807, 2.05) is 0 Å². The SMILES string of the molecule is O=[N+]([O-])c1ccc(Oc2ccc(C(F)(F)F)cc2Cl)cc1Oc1ccc(C(F)(F)F)cc1Cl. The Morgan fingerprint density at radius 1 is 0.697 bits per heavy atom. The van der Waals surface area contributed by atoms with Crippen molar-refractivity contribution in [2.75, 3.05) is 0 Å². The molecule has 5 nitrogen and oxygen atoms in total. The zero-order valence-corrected chi connectivity index (χ0v) is 17.3. The summed E-state index contributed by atoms with van der Waals surface area (Å²) < 4.78 is 87.5. The maximum absolute atomic E-state index is 12.8. The molecule has 0 aliphatic heterocycles. The Hall–Kier alpha value is -3.18. The number of rotatable bonds is 5. The number of alkyl halides is 6. The van der Waals surface area contributed by atoms with E-state index in [9.17, 15) is 36.5 Å². The van der Waals surface area contributed by atoms with Crippen LogP contribution in [0.15, 0.2) is 54.6 Å². The van der Waals surface area contributed by atoms with Crippen molar-refractivity contribution in [2.24, 2.45) is 0 Å². The van der Waals surface area contributed by atoms with Crippen molar-refractivity contribution in [3.8, 4) is 23.0 Å². The Bertz CT molecular complexity index is 1210. The van der Waals surface area contributed by atoms with E-state index in [0.717, 1.165) is 36.4 Å².